The number of ether oxygens (including phenoxy) is 1. The number of nitrogens with one attached hydrogen (secondary N) is 2. The summed E-state index contributed by atoms with van der Waals surface area (Å²) in [6, 6.07) is 8.24. The highest BCUT2D eigenvalue weighted by Crippen LogP contribution is 2.26. The Kier molecular flexibility index (Phi) is 10.2. The van der Waals surface area contributed by atoms with E-state index in [0.29, 0.717) is 12.6 Å². The molecule has 7 nitrogen and oxygen atoms in total. The van der Waals surface area contributed by atoms with Gasteiger partial charge in [0, 0.05) is 31.6 Å². The lowest BCUT2D eigenvalue weighted by Crippen LogP contribution is -2.39. The summed E-state index contributed by atoms with van der Waals surface area (Å²) >= 11 is 0. The first kappa shape index (κ1) is 23.4. The maximum Gasteiger partial charge on any atom is 0.191 e. The van der Waals surface area contributed by atoms with Crippen LogP contribution in [0.5, 0.6) is 5.75 Å². The maximum absolute atomic E-state index is 6.23. The van der Waals surface area contributed by atoms with Gasteiger partial charge in [-0.3, -0.25) is 0 Å². The van der Waals surface area contributed by atoms with E-state index in [4.69, 9.17) is 9.73 Å². The average Bonchev–Trinajstić information content (AvgIpc) is 3.39. The van der Waals surface area contributed by atoms with Crippen LogP contribution in [0.15, 0.2) is 35.6 Å². The zero-order chi connectivity index (χ0) is 19.6. The number of hydrogen-bond donors (Lipinski definition) is 2. The summed E-state index contributed by atoms with van der Waals surface area (Å²) in [6.07, 6.45) is 7.87. The SMILES string of the molecule is CCNC(=NCc1ccccc1OC1CCCC1)NCCn1cnnc1CC.I. The maximum atomic E-state index is 6.23. The minimum Gasteiger partial charge on any atom is -0.490 e. The van der Waals surface area contributed by atoms with Crippen molar-refractivity contribution < 1.29 is 4.74 Å². The van der Waals surface area contributed by atoms with Crippen LogP contribution in [0.1, 0.15) is 50.9 Å². The Morgan fingerprint density at radius 3 is 2.76 bits per heavy atom. The molecule has 0 radical (unpaired) electrons. The van der Waals surface area contributed by atoms with Gasteiger partial charge in [-0.15, -0.1) is 34.2 Å². The first-order valence-electron chi connectivity index (χ1n) is 10.4. The molecule has 0 unspecified atom stereocenters. The zero-order valence-electron chi connectivity index (χ0n) is 17.4. The van der Waals surface area contributed by atoms with E-state index >= 15 is 0 Å². The standard InChI is InChI=1S/C21H32N6O.HI/c1-3-20-26-25-16-27(20)14-13-23-21(22-4-2)24-15-17-9-5-8-12-19(17)28-18-10-6-7-11-18;/h5,8-9,12,16,18H,3-4,6-7,10-11,13-15H2,1-2H3,(H2,22,23,24);1H. The van der Waals surface area contributed by atoms with Gasteiger partial charge in [0.2, 0.25) is 0 Å². The minimum atomic E-state index is 0. The van der Waals surface area contributed by atoms with Crippen LogP contribution in [0.4, 0.5) is 0 Å². The molecule has 1 saturated carbocycles. The molecule has 0 atom stereocenters. The van der Waals surface area contributed by atoms with Crippen LogP contribution in [0.25, 0.3) is 0 Å². The Morgan fingerprint density at radius 1 is 1.21 bits per heavy atom. The summed E-state index contributed by atoms with van der Waals surface area (Å²) in [4.78, 5) is 4.75. The Hall–Kier alpha value is -1.84. The monoisotopic (exact) mass is 512 g/mol. The number of halogens is 1. The molecule has 1 heterocycles. The summed E-state index contributed by atoms with van der Waals surface area (Å²) in [5.74, 6) is 2.78. The van der Waals surface area contributed by atoms with Gasteiger partial charge in [-0.25, -0.2) is 4.99 Å². The largest absolute Gasteiger partial charge is 0.490 e. The smallest absolute Gasteiger partial charge is 0.191 e. The number of para-hydroxylation sites is 1. The minimum absolute atomic E-state index is 0. The lowest BCUT2D eigenvalue weighted by Gasteiger charge is -2.16. The normalized spacial score (nSPS) is 14.5. The van der Waals surface area contributed by atoms with E-state index in [0.717, 1.165) is 62.0 Å². The highest BCUT2D eigenvalue weighted by atomic mass is 127. The Morgan fingerprint density at radius 2 is 2.00 bits per heavy atom. The molecule has 29 heavy (non-hydrogen) atoms. The Balaban J connectivity index is 0.00000300. The van der Waals surface area contributed by atoms with E-state index in [-0.39, 0.29) is 24.0 Å². The topological polar surface area (TPSA) is 76.4 Å². The molecule has 1 aromatic carbocycles. The predicted octanol–water partition coefficient (Wildman–Crippen LogP) is 3.54. The molecular formula is C21H33IN6O. The van der Waals surface area contributed by atoms with Crippen molar-refractivity contribution in [1.29, 1.82) is 0 Å². The Labute approximate surface area is 190 Å². The molecule has 8 heteroatoms. The number of aromatic nitrogens is 3. The summed E-state index contributed by atoms with van der Waals surface area (Å²) < 4.78 is 8.30. The highest BCUT2D eigenvalue weighted by Gasteiger charge is 2.17. The van der Waals surface area contributed by atoms with Gasteiger partial charge in [-0.1, -0.05) is 25.1 Å². The van der Waals surface area contributed by atoms with Crippen molar-refractivity contribution in [3.05, 3.63) is 42.0 Å². The fourth-order valence-corrected chi connectivity index (χ4v) is 3.48. The van der Waals surface area contributed by atoms with Gasteiger partial charge in [0.1, 0.15) is 17.9 Å². The number of hydrogen-bond acceptors (Lipinski definition) is 4. The molecule has 2 N–H and O–H groups in total. The van der Waals surface area contributed by atoms with Crippen LogP contribution in [-0.2, 0) is 19.5 Å². The van der Waals surface area contributed by atoms with Crippen LogP contribution in [0.2, 0.25) is 0 Å². The number of aryl methyl sites for hydroxylation is 1. The third kappa shape index (κ3) is 7.17. The zero-order valence-corrected chi connectivity index (χ0v) is 19.8. The number of benzene rings is 1. The van der Waals surface area contributed by atoms with E-state index in [1.54, 1.807) is 6.33 Å². The van der Waals surface area contributed by atoms with Crippen molar-refractivity contribution in [2.75, 3.05) is 13.1 Å². The molecule has 1 aliphatic rings. The van der Waals surface area contributed by atoms with E-state index < -0.39 is 0 Å². The second kappa shape index (κ2) is 12.7. The van der Waals surface area contributed by atoms with Crippen molar-refractivity contribution in [3.63, 3.8) is 0 Å². The van der Waals surface area contributed by atoms with Crippen molar-refractivity contribution in [2.24, 2.45) is 4.99 Å². The van der Waals surface area contributed by atoms with Crippen molar-refractivity contribution in [3.8, 4) is 5.75 Å². The first-order valence-corrected chi connectivity index (χ1v) is 10.4. The summed E-state index contributed by atoms with van der Waals surface area (Å²) in [7, 11) is 0. The molecule has 0 bridgehead atoms. The van der Waals surface area contributed by atoms with Gasteiger partial charge in [0.25, 0.3) is 0 Å². The van der Waals surface area contributed by atoms with Crippen LogP contribution in [0, 0.1) is 0 Å². The van der Waals surface area contributed by atoms with E-state index in [1.807, 2.05) is 12.1 Å². The molecule has 3 rings (SSSR count). The van der Waals surface area contributed by atoms with Crippen LogP contribution < -0.4 is 15.4 Å². The third-order valence-corrected chi connectivity index (χ3v) is 4.98. The Bertz CT molecular complexity index is 757. The van der Waals surface area contributed by atoms with Gasteiger partial charge in [0.05, 0.1) is 12.6 Å². The van der Waals surface area contributed by atoms with E-state index in [2.05, 4.69) is 51.4 Å². The van der Waals surface area contributed by atoms with Gasteiger partial charge < -0.3 is 19.9 Å². The van der Waals surface area contributed by atoms with Gasteiger partial charge >= 0.3 is 0 Å². The quantitative estimate of drug-likeness (QED) is 0.306. The average molecular weight is 512 g/mol. The highest BCUT2D eigenvalue weighted by molar-refractivity contribution is 14.0. The molecule has 160 valence electrons. The van der Waals surface area contributed by atoms with Gasteiger partial charge in [-0.05, 0) is 38.7 Å². The predicted molar refractivity (Wildman–Crippen MR) is 127 cm³/mol. The number of guanidine groups is 1. The number of nitrogens with zero attached hydrogens (tertiary/aromatic N) is 4. The first-order chi connectivity index (χ1) is 13.8. The van der Waals surface area contributed by atoms with E-state index in [1.165, 1.54) is 12.8 Å². The van der Waals surface area contributed by atoms with Gasteiger partial charge in [-0.2, -0.15) is 0 Å². The van der Waals surface area contributed by atoms with E-state index in [9.17, 15) is 0 Å². The molecular weight excluding hydrogens is 479 g/mol. The fraction of sp³-hybridized carbons (Fsp3) is 0.571. The summed E-state index contributed by atoms with van der Waals surface area (Å²) in [5.41, 5.74) is 1.12. The van der Waals surface area contributed by atoms with Crippen molar-refractivity contribution >= 4 is 29.9 Å². The van der Waals surface area contributed by atoms with Crippen molar-refractivity contribution in [1.82, 2.24) is 25.4 Å². The third-order valence-electron chi connectivity index (χ3n) is 4.98. The van der Waals surface area contributed by atoms with Crippen LogP contribution in [0.3, 0.4) is 0 Å². The van der Waals surface area contributed by atoms with Crippen LogP contribution >= 0.6 is 24.0 Å². The molecule has 0 saturated heterocycles. The fourth-order valence-electron chi connectivity index (χ4n) is 3.48. The molecule has 1 aliphatic carbocycles. The molecule has 2 aromatic rings. The molecule has 1 aromatic heterocycles. The second-order valence-corrected chi connectivity index (χ2v) is 7.05. The summed E-state index contributed by atoms with van der Waals surface area (Å²) in [6.45, 7) is 7.14. The molecule has 1 fully saturated rings. The van der Waals surface area contributed by atoms with Gasteiger partial charge in [0.15, 0.2) is 5.96 Å². The molecule has 0 amide bonds. The molecule has 0 aliphatic heterocycles. The molecule has 0 spiro atoms. The summed E-state index contributed by atoms with van der Waals surface area (Å²) in [5, 5.41) is 14.8. The lowest BCUT2D eigenvalue weighted by molar-refractivity contribution is 0.208. The number of aliphatic imine (C=N–C) groups is 1. The second-order valence-electron chi connectivity index (χ2n) is 7.05. The van der Waals surface area contributed by atoms with Crippen LogP contribution in [-0.4, -0.2) is 39.9 Å². The number of rotatable bonds is 9. The lowest BCUT2D eigenvalue weighted by atomic mass is 10.2. The van der Waals surface area contributed by atoms with Crippen molar-refractivity contribution in [2.45, 2.75) is 65.1 Å².